The SMILES string of the molecule is [2H]c1cc(-c2ccc(-c3cc([2H])c(C)s3)s2)sc1C. The van der Waals surface area contributed by atoms with Crippen molar-refractivity contribution in [1.82, 2.24) is 0 Å². The molecule has 17 heavy (non-hydrogen) atoms. The summed E-state index contributed by atoms with van der Waals surface area (Å²) >= 11 is 5.08. The van der Waals surface area contributed by atoms with E-state index < -0.39 is 0 Å². The van der Waals surface area contributed by atoms with E-state index in [1.165, 1.54) is 9.75 Å². The summed E-state index contributed by atoms with van der Waals surface area (Å²) in [4.78, 5) is 6.87. The van der Waals surface area contributed by atoms with Crippen LogP contribution in [0, 0.1) is 13.8 Å². The highest BCUT2D eigenvalue weighted by Crippen LogP contribution is 2.39. The van der Waals surface area contributed by atoms with Crippen LogP contribution >= 0.6 is 34.0 Å². The standard InChI is InChI=1S/C14H12S3/c1-9-3-5-11(15-9)13-7-8-14(17-13)12-6-4-10(2)16-12/h3-8H,1-2H3/i3D,4D. The van der Waals surface area contributed by atoms with Crippen molar-refractivity contribution in [3.05, 3.63) is 46.1 Å². The van der Waals surface area contributed by atoms with Crippen LogP contribution in [0.2, 0.25) is 0 Å². The molecule has 0 bridgehead atoms. The van der Waals surface area contributed by atoms with Crippen LogP contribution < -0.4 is 0 Å². The van der Waals surface area contributed by atoms with Crippen molar-refractivity contribution in [1.29, 1.82) is 0 Å². The first-order chi connectivity index (χ1) is 9.04. The average Bonchev–Trinajstić information content (AvgIpc) is 3.03. The van der Waals surface area contributed by atoms with Crippen LogP contribution in [-0.4, -0.2) is 0 Å². The molecule has 0 nitrogen and oxygen atoms in total. The lowest BCUT2D eigenvalue weighted by Crippen LogP contribution is -1.57. The molecule has 3 aromatic rings. The lowest BCUT2D eigenvalue weighted by molar-refractivity contribution is 1.64. The van der Waals surface area contributed by atoms with Gasteiger partial charge in [-0.05, 0) is 50.2 Å². The van der Waals surface area contributed by atoms with Crippen LogP contribution in [0.25, 0.3) is 19.5 Å². The zero-order valence-corrected chi connectivity index (χ0v) is 12.0. The first kappa shape index (κ1) is 9.09. The molecule has 0 fully saturated rings. The zero-order chi connectivity index (χ0) is 13.6. The Morgan fingerprint density at radius 3 is 1.47 bits per heavy atom. The van der Waals surface area contributed by atoms with Crippen LogP contribution in [0.5, 0.6) is 0 Å². The summed E-state index contributed by atoms with van der Waals surface area (Å²) in [6, 6.07) is 9.34. The minimum absolute atomic E-state index is 0.621. The van der Waals surface area contributed by atoms with Gasteiger partial charge in [0.2, 0.25) is 0 Å². The molecule has 3 aromatic heterocycles. The number of rotatable bonds is 2. The van der Waals surface area contributed by atoms with E-state index in [2.05, 4.69) is 12.1 Å². The molecule has 0 aliphatic heterocycles. The molecular formula is C14H12S3. The maximum absolute atomic E-state index is 7.78. The average molecular weight is 278 g/mol. The minimum atomic E-state index is 0.621. The number of hydrogen-bond acceptors (Lipinski definition) is 3. The lowest BCUT2D eigenvalue weighted by atomic mass is 10.3. The summed E-state index contributed by atoms with van der Waals surface area (Å²) in [5, 5.41) is 0. The molecular weight excluding hydrogens is 264 g/mol. The first-order valence-corrected chi connectivity index (χ1v) is 7.74. The normalized spacial score (nSPS) is 12.6. The van der Waals surface area contributed by atoms with Gasteiger partial charge >= 0.3 is 0 Å². The van der Waals surface area contributed by atoms with Gasteiger partial charge in [0.15, 0.2) is 0 Å². The molecule has 86 valence electrons. The Morgan fingerprint density at radius 2 is 1.12 bits per heavy atom. The Hall–Kier alpha value is -0.900. The third kappa shape index (κ3) is 2.23. The number of hydrogen-bond donors (Lipinski definition) is 0. The van der Waals surface area contributed by atoms with Gasteiger partial charge in [-0.15, -0.1) is 34.0 Å². The van der Waals surface area contributed by atoms with E-state index in [-0.39, 0.29) is 0 Å². The highest BCUT2D eigenvalue weighted by atomic mass is 32.1. The summed E-state index contributed by atoms with van der Waals surface area (Å²) in [5.41, 5.74) is 0. The van der Waals surface area contributed by atoms with Gasteiger partial charge < -0.3 is 0 Å². The van der Waals surface area contributed by atoms with Crippen molar-refractivity contribution < 1.29 is 2.74 Å². The highest BCUT2D eigenvalue weighted by Gasteiger charge is 2.07. The molecule has 0 saturated heterocycles. The van der Waals surface area contributed by atoms with E-state index in [1.807, 2.05) is 26.0 Å². The van der Waals surface area contributed by atoms with Crippen molar-refractivity contribution in [3.8, 4) is 19.5 Å². The predicted molar refractivity (Wildman–Crippen MR) is 80.4 cm³/mol. The molecule has 0 N–H and O–H groups in total. The maximum Gasteiger partial charge on any atom is 0.0635 e. The molecule has 0 aromatic carbocycles. The fourth-order valence-electron chi connectivity index (χ4n) is 1.63. The Kier molecular flexibility index (Phi) is 2.36. The second-order valence-corrected chi connectivity index (χ2v) is 7.38. The predicted octanol–water partition coefficient (Wildman–Crippen LogP) is 5.82. The Bertz CT molecular complexity index is 634. The summed E-state index contributed by atoms with van der Waals surface area (Å²) in [6.07, 6.45) is 0. The molecule has 3 heterocycles. The molecule has 0 amide bonds. The molecule has 0 atom stereocenters. The van der Waals surface area contributed by atoms with Crippen LogP contribution in [-0.2, 0) is 0 Å². The summed E-state index contributed by atoms with van der Waals surface area (Å²) in [7, 11) is 0. The molecule has 0 unspecified atom stereocenters. The van der Waals surface area contributed by atoms with Crippen LogP contribution in [0.15, 0.2) is 36.4 Å². The van der Waals surface area contributed by atoms with Crippen molar-refractivity contribution in [2.24, 2.45) is 0 Å². The van der Waals surface area contributed by atoms with Gasteiger partial charge in [0.1, 0.15) is 0 Å². The van der Waals surface area contributed by atoms with Gasteiger partial charge in [-0.1, -0.05) is 0 Å². The summed E-state index contributed by atoms with van der Waals surface area (Å²) in [6.45, 7) is 3.97. The Balaban J connectivity index is 1.99. The first-order valence-electron chi connectivity index (χ1n) is 6.29. The monoisotopic (exact) mass is 278 g/mol. The molecule has 3 rings (SSSR count). The van der Waals surface area contributed by atoms with Crippen molar-refractivity contribution >= 4 is 34.0 Å². The van der Waals surface area contributed by atoms with Gasteiger partial charge in [-0.25, -0.2) is 0 Å². The molecule has 0 aliphatic carbocycles. The molecule has 0 radical (unpaired) electrons. The Morgan fingerprint density at radius 1 is 0.706 bits per heavy atom. The van der Waals surface area contributed by atoms with E-state index in [4.69, 9.17) is 2.74 Å². The lowest BCUT2D eigenvalue weighted by Gasteiger charge is -1.90. The largest absolute Gasteiger partial charge is 0.140 e. The van der Waals surface area contributed by atoms with E-state index in [9.17, 15) is 0 Å². The van der Waals surface area contributed by atoms with Gasteiger partial charge in [0.25, 0.3) is 0 Å². The third-order valence-electron chi connectivity index (χ3n) is 2.43. The van der Waals surface area contributed by atoms with E-state index in [0.29, 0.717) is 12.1 Å². The van der Waals surface area contributed by atoms with Crippen LogP contribution in [0.3, 0.4) is 0 Å². The van der Waals surface area contributed by atoms with Crippen molar-refractivity contribution in [3.63, 3.8) is 0 Å². The van der Waals surface area contributed by atoms with E-state index in [0.717, 1.165) is 19.5 Å². The molecule has 3 heteroatoms. The van der Waals surface area contributed by atoms with Gasteiger partial charge in [0.05, 0.1) is 2.74 Å². The fraction of sp³-hybridized carbons (Fsp3) is 0.143. The quantitative estimate of drug-likeness (QED) is 0.554. The topological polar surface area (TPSA) is 0 Å². The van der Waals surface area contributed by atoms with E-state index in [1.54, 1.807) is 34.0 Å². The molecule has 0 saturated carbocycles. The second kappa shape index (κ2) is 4.41. The van der Waals surface area contributed by atoms with Crippen molar-refractivity contribution in [2.45, 2.75) is 13.8 Å². The fourth-order valence-corrected chi connectivity index (χ4v) is 4.42. The van der Waals surface area contributed by atoms with Gasteiger partial charge in [-0.3, -0.25) is 0 Å². The number of thiophene rings is 3. The second-order valence-electron chi connectivity index (χ2n) is 3.79. The Labute approximate surface area is 116 Å². The molecule has 0 aliphatic rings. The highest BCUT2D eigenvalue weighted by molar-refractivity contribution is 7.26. The summed E-state index contributed by atoms with van der Waals surface area (Å²) in [5.74, 6) is 0. The van der Waals surface area contributed by atoms with Crippen LogP contribution in [0.4, 0.5) is 0 Å². The smallest absolute Gasteiger partial charge is 0.0635 e. The third-order valence-corrected chi connectivity index (χ3v) is 5.80. The van der Waals surface area contributed by atoms with Crippen LogP contribution in [0.1, 0.15) is 12.5 Å². The molecule has 0 spiro atoms. The van der Waals surface area contributed by atoms with Crippen molar-refractivity contribution in [2.75, 3.05) is 0 Å². The minimum Gasteiger partial charge on any atom is -0.140 e. The zero-order valence-electron chi connectivity index (χ0n) is 11.5. The van der Waals surface area contributed by atoms with Gasteiger partial charge in [-0.2, -0.15) is 0 Å². The maximum atomic E-state index is 7.78. The summed E-state index contributed by atoms with van der Waals surface area (Å²) < 4.78 is 15.6. The van der Waals surface area contributed by atoms with E-state index >= 15 is 0 Å². The number of aryl methyl sites for hydroxylation is 2. The van der Waals surface area contributed by atoms with Gasteiger partial charge in [0, 0.05) is 29.3 Å².